The van der Waals surface area contributed by atoms with E-state index in [1.165, 1.54) is 12.1 Å². The van der Waals surface area contributed by atoms with E-state index in [0.29, 0.717) is 0 Å². The fourth-order valence-corrected chi connectivity index (χ4v) is 3.08. The van der Waals surface area contributed by atoms with Gasteiger partial charge in [0.25, 0.3) is 0 Å². The summed E-state index contributed by atoms with van der Waals surface area (Å²) in [6, 6.07) is 5.99. The molecule has 1 aromatic carbocycles. The lowest BCUT2D eigenvalue weighted by atomic mass is 10.2. The lowest BCUT2D eigenvalue weighted by Gasteiger charge is -2.10. The number of aliphatic carboxylic acids is 1. The number of benzene rings is 1. The van der Waals surface area contributed by atoms with Crippen LogP contribution < -0.4 is 0 Å². The predicted molar refractivity (Wildman–Crippen MR) is 60.5 cm³/mol. The van der Waals surface area contributed by atoms with Crippen LogP contribution in [0.25, 0.3) is 0 Å². The van der Waals surface area contributed by atoms with E-state index in [1.54, 1.807) is 12.1 Å². The highest BCUT2D eigenvalue weighted by Crippen LogP contribution is 2.18. The summed E-state index contributed by atoms with van der Waals surface area (Å²) in [7, 11) is -3.90. The number of carboxylic acids is 1. The van der Waals surface area contributed by atoms with Crippen LogP contribution in [0, 0.1) is 6.92 Å². The molecule has 1 N–H and O–H groups in total. The molecule has 1 rings (SSSR count). The molecule has 16 heavy (non-hydrogen) atoms. The smallest absolute Gasteiger partial charge is 0.323 e. The summed E-state index contributed by atoms with van der Waals surface area (Å²) in [5.41, 5.74) is 0.900. The Morgan fingerprint density at radius 2 is 1.88 bits per heavy atom. The Morgan fingerprint density at radius 3 is 2.25 bits per heavy atom. The summed E-state index contributed by atoms with van der Waals surface area (Å²) >= 11 is 5.37. The molecule has 0 radical (unpaired) electrons. The zero-order valence-electron chi connectivity index (χ0n) is 8.55. The van der Waals surface area contributed by atoms with Crippen LogP contribution in [0.15, 0.2) is 29.2 Å². The molecule has 0 amide bonds. The molecule has 88 valence electrons. The fourth-order valence-electron chi connectivity index (χ4n) is 1.17. The molecule has 0 aliphatic carbocycles. The minimum absolute atomic E-state index is 0.0221. The van der Waals surface area contributed by atoms with E-state index in [4.69, 9.17) is 16.7 Å². The second-order valence-corrected chi connectivity index (χ2v) is 5.78. The van der Waals surface area contributed by atoms with Crippen molar-refractivity contribution in [3.05, 3.63) is 29.8 Å². The van der Waals surface area contributed by atoms with Crippen molar-refractivity contribution in [2.45, 2.75) is 17.1 Å². The standard InChI is InChI=1S/C10H11ClO4S/c1-7-2-4-8(5-3-7)16(14,15)9(6-11)10(12)13/h2-5,9H,6H2,1H3,(H,12,13). The van der Waals surface area contributed by atoms with Crippen molar-refractivity contribution in [3.8, 4) is 0 Å². The number of carboxylic acid groups (broad SMARTS) is 1. The van der Waals surface area contributed by atoms with E-state index < -0.39 is 26.9 Å². The minimum Gasteiger partial charge on any atom is -0.480 e. The van der Waals surface area contributed by atoms with Gasteiger partial charge >= 0.3 is 5.97 Å². The maximum absolute atomic E-state index is 11.9. The molecule has 1 aromatic rings. The van der Waals surface area contributed by atoms with Gasteiger partial charge in [-0.15, -0.1) is 11.6 Å². The minimum atomic E-state index is -3.90. The summed E-state index contributed by atoms with van der Waals surface area (Å²) in [5.74, 6) is -1.90. The Kier molecular flexibility index (Phi) is 3.93. The van der Waals surface area contributed by atoms with E-state index in [2.05, 4.69) is 0 Å². The first-order valence-corrected chi connectivity index (χ1v) is 6.57. The van der Waals surface area contributed by atoms with Gasteiger partial charge in [-0.1, -0.05) is 17.7 Å². The molecule has 0 saturated carbocycles. The molecule has 0 bridgehead atoms. The Hall–Kier alpha value is -1.07. The van der Waals surface area contributed by atoms with Crippen LogP contribution in [0.5, 0.6) is 0 Å². The maximum atomic E-state index is 11.9. The lowest BCUT2D eigenvalue weighted by molar-refractivity contribution is -0.136. The number of halogens is 1. The van der Waals surface area contributed by atoms with Crippen molar-refractivity contribution >= 4 is 27.4 Å². The second-order valence-electron chi connectivity index (χ2n) is 3.34. The zero-order chi connectivity index (χ0) is 12.3. The summed E-state index contributed by atoms with van der Waals surface area (Å²) in [6.07, 6.45) is 0. The van der Waals surface area contributed by atoms with Crippen LogP contribution in [0.2, 0.25) is 0 Å². The Morgan fingerprint density at radius 1 is 1.38 bits per heavy atom. The molecule has 0 aliphatic heterocycles. The monoisotopic (exact) mass is 262 g/mol. The molecular weight excluding hydrogens is 252 g/mol. The number of hydrogen-bond acceptors (Lipinski definition) is 3. The Balaban J connectivity index is 3.20. The van der Waals surface area contributed by atoms with Gasteiger partial charge in [0.1, 0.15) is 0 Å². The summed E-state index contributed by atoms with van der Waals surface area (Å²) in [4.78, 5) is 10.7. The largest absolute Gasteiger partial charge is 0.480 e. The topological polar surface area (TPSA) is 71.4 Å². The van der Waals surface area contributed by atoms with Crippen molar-refractivity contribution in [3.63, 3.8) is 0 Å². The highest BCUT2D eigenvalue weighted by atomic mass is 35.5. The zero-order valence-corrected chi connectivity index (χ0v) is 10.1. The molecule has 1 atom stereocenters. The van der Waals surface area contributed by atoms with Gasteiger partial charge in [0.15, 0.2) is 15.1 Å². The summed E-state index contributed by atoms with van der Waals surface area (Å²) in [5, 5.41) is 7.16. The number of alkyl halides is 1. The maximum Gasteiger partial charge on any atom is 0.323 e. The second kappa shape index (κ2) is 4.84. The Bertz CT molecular complexity index is 478. The van der Waals surface area contributed by atoms with Gasteiger partial charge in [-0.3, -0.25) is 4.79 Å². The van der Waals surface area contributed by atoms with E-state index in [9.17, 15) is 13.2 Å². The van der Waals surface area contributed by atoms with Crippen molar-refractivity contribution < 1.29 is 18.3 Å². The van der Waals surface area contributed by atoms with Gasteiger partial charge in [-0.2, -0.15) is 0 Å². The normalized spacial score (nSPS) is 13.4. The quantitative estimate of drug-likeness (QED) is 0.834. The number of rotatable bonds is 4. The molecule has 0 aliphatic rings. The fraction of sp³-hybridized carbons (Fsp3) is 0.300. The van der Waals surface area contributed by atoms with E-state index in [0.717, 1.165) is 5.56 Å². The van der Waals surface area contributed by atoms with Crippen LogP contribution in [-0.2, 0) is 14.6 Å². The van der Waals surface area contributed by atoms with Gasteiger partial charge in [0.05, 0.1) is 10.8 Å². The van der Waals surface area contributed by atoms with E-state index in [1.807, 2.05) is 6.92 Å². The van der Waals surface area contributed by atoms with Crippen molar-refractivity contribution in [2.75, 3.05) is 5.88 Å². The van der Waals surface area contributed by atoms with Gasteiger partial charge < -0.3 is 5.11 Å². The van der Waals surface area contributed by atoms with Crippen LogP contribution in [-0.4, -0.2) is 30.6 Å². The number of sulfone groups is 1. The van der Waals surface area contributed by atoms with Crippen LogP contribution >= 0.6 is 11.6 Å². The lowest BCUT2D eigenvalue weighted by Crippen LogP contribution is -2.31. The van der Waals surface area contributed by atoms with Gasteiger partial charge in [-0.25, -0.2) is 8.42 Å². The summed E-state index contributed by atoms with van der Waals surface area (Å²) < 4.78 is 23.7. The first-order valence-electron chi connectivity index (χ1n) is 4.49. The average Bonchev–Trinajstić information content (AvgIpc) is 2.18. The molecule has 6 heteroatoms. The van der Waals surface area contributed by atoms with Crippen molar-refractivity contribution in [1.29, 1.82) is 0 Å². The highest BCUT2D eigenvalue weighted by Gasteiger charge is 2.33. The molecule has 0 aromatic heterocycles. The number of hydrogen-bond donors (Lipinski definition) is 1. The van der Waals surface area contributed by atoms with Gasteiger partial charge in [-0.05, 0) is 19.1 Å². The van der Waals surface area contributed by atoms with Crippen LogP contribution in [0.3, 0.4) is 0 Å². The van der Waals surface area contributed by atoms with Crippen LogP contribution in [0.4, 0.5) is 0 Å². The van der Waals surface area contributed by atoms with E-state index >= 15 is 0 Å². The van der Waals surface area contributed by atoms with Gasteiger partial charge in [0.2, 0.25) is 0 Å². The van der Waals surface area contributed by atoms with Crippen LogP contribution in [0.1, 0.15) is 5.56 Å². The van der Waals surface area contributed by atoms with E-state index in [-0.39, 0.29) is 4.90 Å². The number of aryl methyl sites for hydroxylation is 1. The Labute approximate surface area is 98.8 Å². The molecule has 0 fully saturated rings. The predicted octanol–water partition coefficient (Wildman–Crippen LogP) is 1.46. The SMILES string of the molecule is Cc1ccc(S(=O)(=O)C(CCl)C(=O)O)cc1. The first kappa shape index (κ1) is 13.0. The van der Waals surface area contributed by atoms with Crippen molar-refractivity contribution in [1.82, 2.24) is 0 Å². The summed E-state index contributed by atoms with van der Waals surface area (Å²) in [6.45, 7) is 1.81. The third kappa shape index (κ3) is 2.54. The molecule has 4 nitrogen and oxygen atoms in total. The van der Waals surface area contributed by atoms with Crippen molar-refractivity contribution in [2.24, 2.45) is 0 Å². The third-order valence-electron chi connectivity index (χ3n) is 2.14. The molecule has 0 saturated heterocycles. The molecule has 1 unspecified atom stereocenters. The molecular formula is C10H11ClO4S. The van der Waals surface area contributed by atoms with Gasteiger partial charge in [0, 0.05) is 0 Å². The average molecular weight is 263 g/mol. The first-order chi connectivity index (χ1) is 7.39. The third-order valence-corrected chi connectivity index (χ3v) is 4.68. The molecule has 0 spiro atoms. The number of carbonyl (C=O) groups is 1. The molecule has 0 heterocycles. The highest BCUT2D eigenvalue weighted by molar-refractivity contribution is 7.92.